The molecule has 0 aliphatic rings. The number of nitrogens with zero attached hydrogens (tertiary/aromatic N) is 3. The van der Waals surface area contributed by atoms with Gasteiger partial charge in [0.1, 0.15) is 29.0 Å². The monoisotopic (exact) mass is 238 g/mol. The summed E-state index contributed by atoms with van der Waals surface area (Å²) >= 11 is 0. The Hall–Kier alpha value is -2.36. The number of hydrogen-bond donors (Lipinski definition) is 0. The summed E-state index contributed by atoms with van der Waals surface area (Å²) in [6.45, 7) is 2.03. The molecule has 0 N–H and O–H groups in total. The number of fused-ring (bicyclic) bond motifs is 1. The van der Waals surface area contributed by atoms with Gasteiger partial charge in [-0.2, -0.15) is 0 Å². The molecule has 0 spiro atoms. The molecule has 18 heavy (non-hydrogen) atoms. The van der Waals surface area contributed by atoms with Crippen molar-refractivity contribution in [2.45, 2.75) is 6.92 Å². The number of aromatic nitrogens is 3. The molecule has 89 valence electrons. The number of rotatable bonds is 2. The number of aryl methyl sites for hydroxylation is 1. The Morgan fingerprint density at radius 2 is 2.11 bits per heavy atom. The molecule has 0 bridgehead atoms. The van der Waals surface area contributed by atoms with Crippen molar-refractivity contribution < 1.29 is 4.74 Å². The molecule has 3 rings (SSSR count). The van der Waals surface area contributed by atoms with Gasteiger partial charge < -0.3 is 4.74 Å². The maximum Gasteiger partial charge on any atom is 0.146 e. The van der Waals surface area contributed by atoms with E-state index in [1.165, 1.54) is 0 Å². The van der Waals surface area contributed by atoms with E-state index in [1.807, 2.05) is 41.7 Å². The lowest BCUT2D eigenvalue weighted by Gasteiger charge is -2.08. The molecule has 0 aliphatic carbocycles. The van der Waals surface area contributed by atoms with E-state index >= 15 is 0 Å². The first kappa shape index (κ1) is 10.8. The van der Waals surface area contributed by atoms with E-state index in [2.05, 4.69) is 16.2 Å². The molecule has 1 radical (unpaired) electrons. The van der Waals surface area contributed by atoms with Crippen LogP contribution in [0.1, 0.15) is 5.69 Å². The molecule has 0 unspecified atom stereocenters. The van der Waals surface area contributed by atoms with E-state index in [-0.39, 0.29) is 0 Å². The van der Waals surface area contributed by atoms with Crippen LogP contribution in [0, 0.1) is 13.1 Å². The molecular weight excluding hydrogens is 226 g/mol. The van der Waals surface area contributed by atoms with Crippen LogP contribution in [0.25, 0.3) is 17.0 Å². The quantitative estimate of drug-likeness (QED) is 0.688. The number of hydrogen-bond acceptors (Lipinski definition) is 3. The lowest BCUT2D eigenvalue weighted by atomic mass is 10.2. The smallest absolute Gasteiger partial charge is 0.146 e. The van der Waals surface area contributed by atoms with Crippen molar-refractivity contribution in [3.05, 3.63) is 48.4 Å². The van der Waals surface area contributed by atoms with Crippen LogP contribution < -0.4 is 4.74 Å². The molecule has 0 aromatic carbocycles. The average molecular weight is 238 g/mol. The van der Waals surface area contributed by atoms with Crippen LogP contribution in [-0.2, 0) is 0 Å². The highest BCUT2D eigenvalue weighted by Crippen LogP contribution is 2.27. The Balaban J connectivity index is 2.32. The zero-order valence-corrected chi connectivity index (χ0v) is 10.2. The van der Waals surface area contributed by atoms with Gasteiger partial charge in [0.2, 0.25) is 0 Å². The van der Waals surface area contributed by atoms with Crippen molar-refractivity contribution in [1.82, 2.24) is 14.4 Å². The summed E-state index contributed by atoms with van der Waals surface area (Å²) in [5, 5.41) is 0. The van der Waals surface area contributed by atoms with Crippen molar-refractivity contribution in [1.29, 1.82) is 0 Å². The van der Waals surface area contributed by atoms with Crippen molar-refractivity contribution >= 4 is 5.65 Å². The topological polar surface area (TPSA) is 39.4 Å². The third kappa shape index (κ3) is 1.54. The number of methoxy groups -OCH3 is 1. The molecule has 0 saturated carbocycles. The molecule has 0 atom stereocenters. The van der Waals surface area contributed by atoms with Crippen LogP contribution in [-0.4, -0.2) is 21.5 Å². The van der Waals surface area contributed by atoms with Gasteiger partial charge in [0.25, 0.3) is 0 Å². The summed E-state index contributed by atoms with van der Waals surface area (Å²) in [6, 6.07) is 9.68. The molecule has 3 aromatic heterocycles. The molecule has 0 aliphatic heterocycles. The minimum absolute atomic E-state index is 0.721. The van der Waals surface area contributed by atoms with Crippen LogP contribution in [0.15, 0.2) is 36.5 Å². The number of imidazole rings is 1. The zero-order valence-electron chi connectivity index (χ0n) is 10.2. The normalized spacial score (nSPS) is 10.8. The van der Waals surface area contributed by atoms with Gasteiger partial charge in [0.05, 0.1) is 7.11 Å². The van der Waals surface area contributed by atoms with E-state index in [4.69, 9.17) is 4.74 Å². The Morgan fingerprint density at radius 3 is 2.94 bits per heavy atom. The predicted octanol–water partition coefficient (Wildman–Crippen LogP) is 2.51. The van der Waals surface area contributed by atoms with Crippen molar-refractivity contribution in [2.24, 2.45) is 0 Å². The minimum Gasteiger partial charge on any atom is -0.494 e. The van der Waals surface area contributed by atoms with Crippen molar-refractivity contribution in [3.8, 4) is 17.1 Å². The van der Waals surface area contributed by atoms with Gasteiger partial charge in [0, 0.05) is 11.9 Å². The van der Waals surface area contributed by atoms with E-state index in [0.717, 1.165) is 28.5 Å². The van der Waals surface area contributed by atoms with Gasteiger partial charge in [-0.15, -0.1) is 0 Å². The molecule has 0 fully saturated rings. The zero-order chi connectivity index (χ0) is 12.5. The Bertz CT molecular complexity index is 703. The van der Waals surface area contributed by atoms with Crippen molar-refractivity contribution in [3.63, 3.8) is 0 Å². The maximum absolute atomic E-state index is 5.33. The summed E-state index contributed by atoms with van der Waals surface area (Å²) < 4.78 is 7.35. The van der Waals surface area contributed by atoms with Gasteiger partial charge in [-0.05, 0) is 31.2 Å². The Labute approximate surface area is 105 Å². The summed E-state index contributed by atoms with van der Waals surface area (Å²) in [5.41, 5.74) is 3.52. The highest BCUT2D eigenvalue weighted by molar-refractivity contribution is 5.65. The van der Waals surface area contributed by atoms with Crippen molar-refractivity contribution in [2.75, 3.05) is 7.11 Å². The first-order valence-electron chi connectivity index (χ1n) is 5.66. The van der Waals surface area contributed by atoms with Crippen LogP contribution in [0.3, 0.4) is 0 Å². The summed E-state index contributed by atoms with van der Waals surface area (Å²) in [5.74, 6) is 0.721. The van der Waals surface area contributed by atoms with Crippen LogP contribution in [0.2, 0.25) is 0 Å². The standard InChI is InChI=1S/C14H12N3O/c1-10-5-3-7-13-16-9-11(17(10)13)14-12(18-2)6-4-8-15-14/h3-8H,1-2H3. The molecule has 3 aromatic rings. The first-order chi connectivity index (χ1) is 8.81. The van der Waals surface area contributed by atoms with Gasteiger partial charge in [0.15, 0.2) is 0 Å². The SMILES string of the molecule is COc1cccnc1-c1[c]nc2cccc(C)n12. The van der Waals surface area contributed by atoms with Gasteiger partial charge in [-0.1, -0.05) is 6.07 Å². The predicted molar refractivity (Wildman–Crippen MR) is 68.5 cm³/mol. The highest BCUT2D eigenvalue weighted by Gasteiger charge is 2.13. The molecule has 3 heterocycles. The fourth-order valence-electron chi connectivity index (χ4n) is 2.03. The number of pyridine rings is 2. The second-order valence-electron chi connectivity index (χ2n) is 3.99. The maximum atomic E-state index is 5.33. The lowest BCUT2D eigenvalue weighted by molar-refractivity contribution is 0.414. The first-order valence-corrected chi connectivity index (χ1v) is 5.66. The molecule has 4 nitrogen and oxygen atoms in total. The third-order valence-corrected chi connectivity index (χ3v) is 2.88. The summed E-state index contributed by atoms with van der Waals surface area (Å²) in [4.78, 5) is 8.64. The van der Waals surface area contributed by atoms with Crippen LogP contribution in [0.5, 0.6) is 5.75 Å². The van der Waals surface area contributed by atoms with Crippen LogP contribution in [0.4, 0.5) is 0 Å². The van der Waals surface area contributed by atoms with Gasteiger partial charge in [-0.3, -0.25) is 9.38 Å². The van der Waals surface area contributed by atoms with Gasteiger partial charge in [-0.25, -0.2) is 4.98 Å². The Kier molecular flexibility index (Phi) is 2.48. The highest BCUT2D eigenvalue weighted by atomic mass is 16.5. The minimum atomic E-state index is 0.721. The second kappa shape index (κ2) is 4.14. The summed E-state index contributed by atoms with van der Waals surface area (Å²) in [6.07, 6.45) is 4.76. The molecule has 0 saturated heterocycles. The summed E-state index contributed by atoms with van der Waals surface area (Å²) in [7, 11) is 1.64. The number of ether oxygens (including phenoxy) is 1. The molecule has 0 amide bonds. The van der Waals surface area contributed by atoms with E-state index in [1.54, 1.807) is 13.3 Å². The lowest BCUT2D eigenvalue weighted by Crippen LogP contribution is -1.97. The van der Waals surface area contributed by atoms with Gasteiger partial charge >= 0.3 is 0 Å². The third-order valence-electron chi connectivity index (χ3n) is 2.88. The molecule has 4 heteroatoms. The van der Waals surface area contributed by atoms with E-state index < -0.39 is 0 Å². The van der Waals surface area contributed by atoms with Crippen LogP contribution >= 0.6 is 0 Å². The fourth-order valence-corrected chi connectivity index (χ4v) is 2.03. The fraction of sp³-hybridized carbons (Fsp3) is 0.143. The van der Waals surface area contributed by atoms with E-state index in [0.29, 0.717) is 0 Å². The second-order valence-corrected chi connectivity index (χ2v) is 3.99. The molecular formula is C14H12N3O. The van der Waals surface area contributed by atoms with E-state index in [9.17, 15) is 0 Å². The average Bonchev–Trinajstić information content (AvgIpc) is 2.84. The Morgan fingerprint density at radius 1 is 1.22 bits per heavy atom. The largest absolute Gasteiger partial charge is 0.494 e.